The topological polar surface area (TPSA) is 67.4 Å². The normalized spacial score (nSPS) is 18.9. The highest BCUT2D eigenvalue weighted by Crippen LogP contribution is 2.11. The van der Waals surface area contributed by atoms with Crippen LogP contribution in [0.5, 0.6) is 0 Å². The van der Waals surface area contributed by atoms with Gasteiger partial charge in [-0.15, -0.1) is 0 Å². The summed E-state index contributed by atoms with van der Waals surface area (Å²) in [5.74, 6) is -0.155. The summed E-state index contributed by atoms with van der Waals surface area (Å²) in [6.07, 6.45) is 1.97. The van der Waals surface area contributed by atoms with Gasteiger partial charge in [-0.3, -0.25) is 9.59 Å². The lowest BCUT2D eigenvalue weighted by atomic mass is 9.97. The van der Waals surface area contributed by atoms with Gasteiger partial charge in [-0.2, -0.15) is 0 Å². The molecule has 92 valence electrons. The molecule has 5 heteroatoms. The Kier molecular flexibility index (Phi) is 5.25. The van der Waals surface area contributed by atoms with Crippen LogP contribution in [-0.2, 0) is 14.3 Å². The van der Waals surface area contributed by atoms with E-state index in [1.807, 2.05) is 6.92 Å². The molecule has 5 nitrogen and oxygen atoms in total. The Labute approximate surface area is 95.9 Å². The van der Waals surface area contributed by atoms with Gasteiger partial charge < -0.3 is 15.4 Å². The Morgan fingerprint density at radius 2 is 2.06 bits per heavy atom. The van der Waals surface area contributed by atoms with E-state index in [0.717, 1.165) is 25.9 Å². The molecule has 1 heterocycles. The van der Waals surface area contributed by atoms with Crippen LogP contribution in [0, 0.1) is 5.92 Å². The third-order valence-electron chi connectivity index (χ3n) is 2.80. The smallest absolute Gasteiger partial charge is 0.307 e. The molecule has 1 aliphatic rings. The van der Waals surface area contributed by atoms with Gasteiger partial charge in [-0.25, -0.2) is 0 Å². The fourth-order valence-corrected chi connectivity index (χ4v) is 1.83. The zero-order chi connectivity index (χ0) is 12.0. The summed E-state index contributed by atoms with van der Waals surface area (Å²) in [6.45, 7) is 3.60. The number of rotatable bonds is 4. The predicted octanol–water partition coefficient (Wildman–Crippen LogP) is 0.0538. The van der Waals surface area contributed by atoms with Crippen LogP contribution in [-0.4, -0.2) is 38.1 Å². The summed E-state index contributed by atoms with van der Waals surface area (Å²) in [7, 11) is 1.35. The molecule has 0 saturated carbocycles. The Balaban J connectivity index is 2.29. The molecule has 1 rings (SSSR count). The van der Waals surface area contributed by atoms with Crippen LogP contribution < -0.4 is 10.6 Å². The fraction of sp³-hybridized carbons (Fsp3) is 0.818. The second-order valence-corrected chi connectivity index (χ2v) is 4.21. The van der Waals surface area contributed by atoms with Crippen LogP contribution in [0.3, 0.4) is 0 Å². The summed E-state index contributed by atoms with van der Waals surface area (Å²) in [5.41, 5.74) is 0. The molecule has 0 radical (unpaired) electrons. The van der Waals surface area contributed by atoms with Gasteiger partial charge in [-0.1, -0.05) is 0 Å². The molecule has 16 heavy (non-hydrogen) atoms. The first-order valence-corrected chi connectivity index (χ1v) is 5.71. The van der Waals surface area contributed by atoms with Crippen molar-refractivity contribution >= 4 is 11.9 Å². The number of carbonyl (C=O) groups excluding carboxylic acids is 2. The zero-order valence-corrected chi connectivity index (χ0v) is 9.91. The molecule has 0 bridgehead atoms. The molecule has 1 saturated heterocycles. The Morgan fingerprint density at radius 3 is 2.62 bits per heavy atom. The number of nitrogens with one attached hydrogen (secondary N) is 2. The maximum atomic E-state index is 11.8. The molecule has 1 atom stereocenters. The van der Waals surface area contributed by atoms with E-state index in [1.54, 1.807) is 0 Å². The molecule has 1 amide bonds. The number of piperidine rings is 1. The number of ether oxygens (including phenoxy) is 1. The van der Waals surface area contributed by atoms with Crippen LogP contribution in [0.15, 0.2) is 0 Å². The maximum Gasteiger partial charge on any atom is 0.307 e. The van der Waals surface area contributed by atoms with Crippen molar-refractivity contribution in [2.24, 2.45) is 5.92 Å². The average molecular weight is 228 g/mol. The number of carbonyl (C=O) groups is 2. The lowest BCUT2D eigenvalue weighted by Crippen LogP contribution is -2.42. The van der Waals surface area contributed by atoms with E-state index in [-0.39, 0.29) is 30.3 Å². The third-order valence-corrected chi connectivity index (χ3v) is 2.80. The summed E-state index contributed by atoms with van der Waals surface area (Å²) < 4.78 is 4.55. The number of hydrogen-bond acceptors (Lipinski definition) is 4. The van der Waals surface area contributed by atoms with E-state index < -0.39 is 0 Å². The van der Waals surface area contributed by atoms with Gasteiger partial charge in [0, 0.05) is 12.0 Å². The zero-order valence-electron chi connectivity index (χ0n) is 9.91. The Hall–Kier alpha value is -1.10. The summed E-state index contributed by atoms with van der Waals surface area (Å²) in [5, 5.41) is 6.06. The minimum absolute atomic E-state index is 0.0536. The standard InChI is InChI=1S/C11H20N2O3/c1-8(7-10(14)16-2)13-11(15)9-3-5-12-6-4-9/h8-9,12H,3-7H2,1-2H3,(H,13,15). The van der Waals surface area contributed by atoms with Crippen molar-refractivity contribution in [2.75, 3.05) is 20.2 Å². The summed E-state index contributed by atoms with van der Waals surface area (Å²) in [4.78, 5) is 22.8. The lowest BCUT2D eigenvalue weighted by molar-refractivity contribution is -0.141. The molecule has 0 aromatic rings. The van der Waals surface area contributed by atoms with E-state index in [2.05, 4.69) is 15.4 Å². The number of hydrogen-bond donors (Lipinski definition) is 2. The number of amides is 1. The van der Waals surface area contributed by atoms with Crippen LogP contribution in [0.2, 0.25) is 0 Å². The SMILES string of the molecule is COC(=O)CC(C)NC(=O)C1CCNCC1. The van der Waals surface area contributed by atoms with Crippen molar-refractivity contribution < 1.29 is 14.3 Å². The molecule has 0 spiro atoms. The van der Waals surface area contributed by atoms with Crippen molar-refractivity contribution in [3.8, 4) is 0 Å². The van der Waals surface area contributed by atoms with E-state index in [4.69, 9.17) is 0 Å². The highest BCUT2D eigenvalue weighted by molar-refractivity contribution is 5.80. The number of esters is 1. The minimum atomic E-state index is -0.293. The summed E-state index contributed by atoms with van der Waals surface area (Å²) in [6, 6.07) is -0.158. The molecule has 0 aromatic heterocycles. The van der Waals surface area contributed by atoms with Gasteiger partial charge >= 0.3 is 5.97 Å². The van der Waals surface area contributed by atoms with Crippen LogP contribution in [0.1, 0.15) is 26.2 Å². The highest BCUT2D eigenvalue weighted by Gasteiger charge is 2.22. The van der Waals surface area contributed by atoms with Gasteiger partial charge in [0.2, 0.25) is 5.91 Å². The van der Waals surface area contributed by atoms with Gasteiger partial charge in [0.25, 0.3) is 0 Å². The van der Waals surface area contributed by atoms with Crippen LogP contribution in [0.4, 0.5) is 0 Å². The minimum Gasteiger partial charge on any atom is -0.469 e. The first-order valence-electron chi connectivity index (χ1n) is 5.71. The molecule has 1 unspecified atom stereocenters. The average Bonchev–Trinajstić information content (AvgIpc) is 2.29. The van der Waals surface area contributed by atoms with Gasteiger partial charge in [0.1, 0.15) is 0 Å². The Bertz CT molecular complexity index is 250. The second-order valence-electron chi connectivity index (χ2n) is 4.21. The molecule has 0 aliphatic carbocycles. The fourth-order valence-electron chi connectivity index (χ4n) is 1.83. The van der Waals surface area contributed by atoms with Gasteiger partial charge in [0.05, 0.1) is 13.5 Å². The van der Waals surface area contributed by atoms with Crippen molar-refractivity contribution in [3.63, 3.8) is 0 Å². The second kappa shape index (κ2) is 6.48. The molecular formula is C11H20N2O3. The largest absolute Gasteiger partial charge is 0.469 e. The molecule has 0 aromatic carbocycles. The third kappa shape index (κ3) is 4.18. The van der Waals surface area contributed by atoms with Crippen molar-refractivity contribution in [1.82, 2.24) is 10.6 Å². The number of methoxy groups -OCH3 is 1. The first kappa shape index (κ1) is 13.0. The molecule has 1 aliphatic heterocycles. The maximum absolute atomic E-state index is 11.8. The quantitative estimate of drug-likeness (QED) is 0.667. The van der Waals surface area contributed by atoms with Crippen LogP contribution in [0.25, 0.3) is 0 Å². The van der Waals surface area contributed by atoms with Gasteiger partial charge in [0.15, 0.2) is 0 Å². The van der Waals surface area contributed by atoms with Crippen LogP contribution >= 0.6 is 0 Å². The van der Waals surface area contributed by atoms with E-state index in [1.165, 1.54) is 7.11 Å². The predicted molar refractivity (Wildman–Crippen MR) is 59.8 cm³/mol. The van der Waals surface area contributed by atoms with Crippen molar-refractivity contribution in [1.29, 1.82) is 0 Å². The van der Waals surface area contributed by atoms with E-state index in [0.29, 0.717) is 0 Å². The van der Waals surface area contributed by atoms with E-state index in [9.17, 15) is 9.59 Å². The first-order chi connectivity index (χ1) is 7.63. The van der Waals surface area contributed by atoms with Gasteiger partial charge in [-0.05, 0) is 32.9 Å². The molecule has 1 fully saturated rings. The lowest BCUT2D eigenvalue weighted by Gasteiger charge is -2.23. The van der Waals surface area contributed by atoms with Crippen molar-refractivity contribution in [2.45, 2.75) is 32.2 Å². The summed E-state index contributed by atoms with van der Waals surface area (Å²) >= 11 is 0. The molecular weight excluding hydrogens is 208 g/mol. The van der Waals surface area contributed by atoms with E-state index >= 15 is 0 Å². The van der Waals surface area contributed by atoms with Crippen molar-refractivity contribution in [3.05, 3.63) is 0 Å². The Morgan fingerprint density at radius 1 is 1.44 bits per heavy atom. The highest BCUT2D eigenvalue weighted by atomic mass is 16.5. The monoisotopic (exact) mass is 228 g/mol. The molecule has 2 N–H and O–H groups in total.